The van der Waals surface area contributed by atoms with Gasteiger partial charge in [-0.05, 0) is 30.5 Å². The minimum atomic E-state index is -0.436. The Bertz CT molecular complexity index is 565. The molecule has 0 spiro atoms. The van der Waals surface area contributed by atoms with E-state index in [1.807, 2.05) is 0 Å². The van der Waals surface area contributed by atoms with Gasteiger partial charge < -0.3 is 15.0 Å². The number of rotatable bonds is 6. The molecule has 1 aromatic rings. The molecule has 126 valence electrons. The van der Waals surface area contributed by atoms with Crippen LogP contribution in [0.5, 0.6) is 0 Å². The summed E-state index contributed by atoms with van der Waals surface area (Å²) >= 11 is 0. The van der Waals surface area contributed by atoms with E-state index in [2.05, 4.69) is 5.32 Å². The number of benzene rings is 1. The number of ether oxygens (including phenoxy) is 1. The molecular formula is C17H23FN2O3. The minimum absolute atomic E-state index is 0.0253. The lowest BCUT2D eigenvalue weighted by atomic mass is 9.84. The van der Waals surface area contributed by atoms with Crippen LogP contribution in [0.3, 0.4) is 0 Å². The van der Waals surface area contributed by atoms with E-state index in [0.717, 1.165) is 6.42 Å². The second kappa shape index (κ2) is 8.06. The van der Waals surface area contributed by atoms with E-state index in [4.69, 9.17) is 4.74 Å². The van der Waals surface area contributed by atoms with Gasteiger partial charge in [-0.25, -0.2) is 4.39 Å². The summed E-state index contributed by atoms with van der Waals surface area (Å²) in [7, 11) is 3.28. The summed E-state index contributed by atoms with van der Waals surface area (Å²) in [5, 5.41) is 2.89. The number of nitrogens with zero attached hydrogens (tertiary/aromatic N) is 1. The Kier molecular flexibility index (Phi) is 6.10. The van der Waals surface area contributed by atoms with Crippen LogP contribution in [0.25, 0.3) is 0 Å². The maximum atomic E-state index is 13.5. The summed E-state index contributed by atoms with van der Waals surface area (Å²) in [5.74, 6) is -0.868. The van der Waals surface area contributed by atoms with Gasteiger partial charge in [-0.15, -0.1) is 0 Å². The number of hydrogen-bond donors (Lipinski definition) is 1. The summed E-state index contributed by atoms with van der Waals surface area (Å²) in [6.07, 6.45) is 1.54. The van der Waals surface area contributed by atoms with E-state index in [0.29, 0.717) is 31.6 Å². The number of amides is 2. The average molecular weight is 322 g/mol. The monoisotopic (exact) mass is 322 g/mol. The minimum Gasteiger partial charge on any atom is -0.385 e. The molecule has 0 bridgehead atoms. The van der Waals surface area contributed by atoms with Crippen LogP contribution in [-0.2, 0) is 14.3 Å². The predicted molar refractivity (Wildman–Crippen MR) is 84.1 cm³/mol. The molecule has 2 atom stereocenters. The van der Waals surface area contributed by atoms with Crippen molar-refractivity contribution in [2.24, 2.45) is 5.92 Å². The van der Waals surface area contributed by atoms with Crippen LogP contribution in [0, 0.1) is 11.7 Å². The standard InChI is InChI=1S/C17H23FN2O3/c1-20-15(21)8-7-14(17(22)19-9-4-10-23-2)16(20)12-5-3-6-13(18)11-12/h3,5-6,11,14,16H,4,7-10H2,1-2H3,(H,19,22)/t14-,16-/m1/s1. The van der Waals surface area contributed by atoms with Crippen molar-refractivity contribution in [2.45, 2.75) is 25.3 Å². The molecule has 1 heterocycles. The van der Waals surface area contributed by atoms with Gasteiger partial charge in [-0.2, -0.15) is 0 Å². The zero-order valence-corrected chi connectivity index (χ0v) is 13.5. The largest absolute Gasteiger partial charge is 0.385 e. The van der Waals surface area contributed by atoms with Crippen LogP contribution >= 0.6 is 0 Å². The molecule has 6 heteroatoms. The van der Waals surface area contributed by atoms with Crippen LogP contribution in [0.15, 0.2) is 24.3 Å². The Morgan fingerprint density at radius 2 is 2.26 bits per heavy atom. The molecule has 0 aliphatic carbocycles. The molecule has 0 aromatic heterocycles. The SMILES string of the molecule is COCCCNC(=O)[C@@H]1CCC(=O)N(C)[C@@H]1c1cccc(F)c1. The zero-order valence-electron chi connectivity index (χ0n) is 13.5. The number of halogens is 1. The van der Waals surface area contributed by atoms with Crippen LogP contribution in [0.2, 0.25) is 0 Å². The number of likely N-dealkylation sites (tertiary alicyclic amines) is 1. The lowest BCUT2D eigenvalue weighted by molar-refractivity contribution is -0.141. The fraction of sp³-hybridized carbons (Fsp3) is 0.529. The molecule has 1 aromatic carbocycles. The van der Waals surface area contributed by atoms with E-state index in [1.54, 1.807) is 31.2 Å². The molecule has 0 saturated carbocycles. The summed E-state index contributed by atoms with van der Waals surface area (Å²) in [6.45, 7) is 1.10. The summed E-state index contributed by atoms with van der Waals surface area (Å²) in [6, 6.07) is 5.67. The van der Waals surface area contributed by atoms with Gasteiger partial charge in [0.2, 0.25) is 11.8 Å². The lowest BCUT2D eigenvalue weighted by Crippen LogP contribution is -2.46. The highest BCUT2D eigenvalue weighted by Gasteiger charge is 2.38. The van der Waals surface area contributed by atoms with Gasteiger partial charge >= 0.3 is 0 Å². The first-order valence-electron chi connectivity index (χ1n) is 7.82. The molecule has 1 aliphatic rings. The summed E-state index contributed by atoms with van der Waals surface area (Å²) in [5.41, 5.74) is 0.651. The highest BCUT2D eigenvalue weighted by atomic mass is 19.1. The van der Waals surface area contributed by atoms with E-state index >= 15 is 0 Å². The van der Waals surface area contributed by atoms with Crippen molar-refractivity contribution in [3.63, 3.8) is 0 Å². The van der Waals surface area contributed by atoms with Gasteiger partial charge in [0.25, 0.3) is 0 Å². The van der Waals surface area contributed by atoms with Crippen molar-refractivity contribution in [1.29, 1.82) is 0 Å². The zero-order chi connectivity index (χ0) is 16.8. The Morgan fingerprint density at radius 3 is 2.96 bits per heavy atom. The van der Waals surface area contributed by atoms with Gasteiger partial charge in [-0.3, -0.25) is 9.59 Å². The Morgan fingerprint density at radius 1 is 1.48 bits per heavy atom. The smallest absolute Gasteiger partial charge is 0.225 e. The molecular weight excluding hydrogens is 299 g/mol. The van der Waals surface area contributed by atoms with Crippen LogP contribution in [0.1, 0.15) is 30.9 Å². The molecule has 1 fully saturated rings. The fourth-order valence-corrected chi connectivity index (χ4v) is 3.02. The van der Waals surface area contributed by atoms with E-state index in [9.17, 15) is 14.0 Å². The number of methoxy groups -OCH3 is 1. The van der Waals surface area contributed by atoms with Gasteiger partial charge in [-0.1, -0.05) is 12.1 Å². The normalized spacial score (nSPS) is 21.3. The lowest BCUT2D eigenvalue weighted by Gasteiger charge is -2.38. The molecule has 2 amide bonds. The van der Waals surface area contributed by atoms with Gasteiger partial charge in [0.15, 0.2) is 0 Å². The third kappa shape index (κ3) is 4.28. The highest BCUT2D eigenvalue weighted by Crippen LogP contribution is 2.36. The maximum Gasteiger partial charge on any atom is 0.225 e. The van der Waals surface area contributed by atoms with Crippen molar-refractivity contribution in [2.75, 3.05) is 27.3 Å². The van der Waals surface area contributed by atoms with Crippen molar-refractivity contribution in [1.82, 2.24) is 10.2 Å². The predicted octanol–water partition coefficient (Wildman–Crippen LogP) is 1.89. The highest BCUT2D eigenvalue weighted by molar-refractivity contribution is 5.84. The Hall–Kier alpha value is -1.95. The third-order valence-electron chi connectivity index (χ3n) is 4.21. The quantitative estimate of drug-likeness (QED) is 0.814. The number of piperidine rings is 1. The van der Waals surface area contributed by atoms with Crippen molar-refractivity contribution < 1.29 is 18.7 Å². The van der Waals surface area contributed by atoms with E-state index in [-0.39, 0.29) is 23.5 Å². The van der Waals surface area contributed by atoms with Gasteiger partial charge in [0.05, 0.1) is 12.0 Å². The maximum absolute atomic E-state index is 13.5. The Balaban J connectivity index is 2.15. The first-order valence-corrected chi connectivity index (χ1v) is 7.82. The summed E-state index contributed by atoms with van der Waals surface area (Å²) in [4.78, 5) is 26.1. The molecule has 0 radical (unpaired) electrons. The second-order valence-corrected chi connectivity index (χ2v) is 5.79. The number of carbonyl (C=O) groups excluding carboxylic acids is 2. The first-order chi connectivity index (χ1) is 11.0. The van der Waals surface area contributed by atoms with Crippen LogP contribution < -0.4 is 5.32 Å². The van der Waals surface area contributed by atoms with Gasteiger partial charge in [0, 0.05) is 33.7 Å². The molecule has 5 nitrogen and oxygen atoms in total. The van der Waals surface area contributed by atoms with Crippen LogP contribution in [0.4, 0.5) is 4.39 Å². The topological polar surface area (TPSA) is 58.6 Å². The Labute approximate surface area is 135 Å². The summed E-state index contributed by atoms with van der Waals surface area (Å²) < 4.78 is 18.5. The molecule has 1 saturated heterocycles. The van der Waals surface area contributed by atoms with Crippen molar-refractivity contribution >= 4 is 11.8 Å². The average Bonchev–Trinajstić information content (AvgIpc) is 2.53. The van der Waals surface area contributed by atoms with Crippen molar-refractivity contribution in [3.05, 3.63) is 35.6 Å². The van der Waals surface area contributed by atoms with Crippen molar-refractivity contribution in [3.8, 4) is 0 Å². The third-order valence-corrected chi connectivity index (χ3v) is 4.21. The molecule has 2 rings (SSSR count). The van der Waals surface area contributed by atoms with E-state index in [1.165, 1.54) is 12.1 Å². The second-order valence-electron chi connectivity index (χ2n) is 5.79. The molecule has 1 aliphatic heterocycles. The number of hydrogen-bond acceptors (Lipinski definition) is 3. The first kappa shape index (κ1) is 17.4. The molecule has 0 unspecified atom stereocenters. The van der Waals surface area contributed by atoms with Gasteiger partial charge in [0.1, 0.15) is 5.82 Å². The van der Waals surface area contributed by atoms with E-state index < -0.39 is 6.04 Å². The number of carbonyl (C=O) groups is 2. The van der Waals surface area contributed by atoms with Crippen LogP contribution in [-0.4, -0.2) is 44.0 Å². The number of nitrogens with one attached hydrogen (secondary N) is 1. The molecule has 1 N–H and O–H groups in total. The fourth-order valence-electron chi connectivity index (χ4n) is 3.02. The molecule has 23 heavy (non-hydrogen) atoms.